The third-order valence-electron chi connectivity index (χ3n) is 3.36. The summed E-state index contributed by atoms with van der Waals surface area (Å²) in [7, 11) is 0. The predicted molar refractivity (Wildman–Crippen MR) is 66.6 cm³/mol. The van der Waals surface area contributed by atoms with Crippen LogP contribution in [0.3, 0.4) is 0 Å². The molecule has 1 unspecified atom stereocenters. The van der Waals surface area contributed by atoms with Crippen LogP contribution in [0.2, 0.25) is 0 Å². The van der Waals surface area contributed by atoms with Crippen LogP contribution in [0.1, 0.15) is 51.7 Å². The number of rotatable bonds is 3. The van der Waals surface area contributed by atoms with Crippen molar-refractivity contribution in [1.82, 2.24) is 0 Å². The van der Waals surface area contributed by atoms with Gasteiger partial charge >= 0.3 is 0 Å². The first-order valence-corrected chi connectivity index (χ1v) is 5.83. The molecule has 0 aliphatic heterocycles. The molecular weight excluding hydrogens is 200 g/mol. The summed E-state index contributed by atoms with van der Waals surface area (Å²) in [5, 5.41) is 20.6. The van der Waals surface area contributed by atoms with Gasteiger partial charge < -0.3 is 10.2 Å². The van der Waals surface area contributed by atoms with Crippen LogP contribution in [0.5, 0.6) is 5.75 Å². The molecule has 90 valence electrons. The summed E-state index contributed by atoms with van der Waals surface area (Å²) in [5.74, 6) is 0.542. The molecule has 0 radical (unpaired) electrons. The molecule has 0 heterocycles. The molecule has 0 bridgehead atoms. The maximum absolute atomic E-state index is 10.4. The summed E-state index contributed by atoms with van der Waals surface area (Å²) in [6.45, 7) is 9.70. The van der Waals surface area contributed by atoms with Gasteiger partial charge in [0.15, 0.2) is 0 Å². The van der Waals surface area contributed by atoms with E-state index in [2.05, 4.69) is 0 Å². The Hall–Kier alpha value is -1.02. The fourth-order valence-electron chi connectivity index (χ4n) is 1.75. The van der Waals surface area contributed by atoms with E-state index in [0.29, 0.717) is 5.56 Å². The Kier molecular flexibility index (Phi) is 3.64. The van der Waals surface area contributed by atoms with Crippen molar-refractivity contribution in [3.8, 4) is 5.75 Å². The van der Waals surface area contributed by atoms with Gasteiger partial charge in [-0.25, -0.2) is 0 Å². The van der Waals surface area contributed by atoms with Gasteiger partial charge in [-0.05, 0) is 24.3 Å². The molecule has 1 aromatic rings. The van der Waals surface area contributed by atoms with Crippen molar-refractivity contribution >= 4 is 0 Å². The first-order chi connectivity index (χ1) is 7.28. The molecular formula is C14H22O2. The van der Waals surface area contributed by atoms with Gasteiger partial charge in [0, 0.05) is 5.56 Å². The maximum atomic E-state index is 10.4. The molecule has 2 heteroatoms. The standard InChI is InChI=1S/C14H22O2/c1-9(2)11-7-6-8-12(13(11)15)14(5,16)10(3)4/h6-10,15-16H,1-5H3. The molecule has 1 aromatic carbocycles. The zero-order valence-corrected chi connectivity index (χ0v) is 10.8. The van der Waals surface area contributed by atoms with Crippen molar-refractivity contribution in [2.45, 2.75) is 46.1 Å². The van der Waals surface area contributed by atoms with Crippen LogP contribution in [0, 0.1) is 5.92 Å². The first-order valence-electron chi connectivity index (χ1n) is 5.83. The Morgan fingerprint density at radius 3 is 2.12 bits per heavy atom. The molecule has 16 heavy (non-hydrogen) atoms. The quantitative estimate of drug-likeness (QED) is 0.823. The molecule has 0 fully saturated rings. The summed E-state index contributed by atoms with van der Waals surface area (Å²) in [6.07, 6.45) is 0. The monoisotopic (exact) mass is 222 g/mol. The molecule has 0 saturated heterocycles. The van der Waals surface area contributed by atoms with Gasteiger partial charge in [-0.2, -0.15) is 0 Å². The van der Waals surface area contributed by atoms with E-state index >= 15 is 0 Å². The van der Waals surface area contributed by atoms with Gasteiger partial charge in [0.1, 0.15) is 5.75 Å². The summed E-state index contributed by atoms with van der Waals surface area (Å²) in [6, 6.07) is 5.59. The Morgan fingerprint density at radius 1 is 1.12 bits per heavy atom. The van der Waals surface area contributed by atoms with Gasteiger partial charge in [-0.15, -0.1) is 0 Å². The number of aliphatic hydroxyl groups is 1. The van der Waals surface area contributed by atoms with Gasteiger partial charge in [0.05, 0.1) is 5.60 Å². The highest BCUT2D eigenvalue weighted by Gasteiger charge is 2.30. The highest BCUT2D eigenvalue weighted by Crippen LogP contribution is 2.38. The van der Waals surface area contributed by atoms with Crippen LogP contribution >= 0.6 is 0 Å². The average Bonchev–Trinajstić information content (AvgIpc) is 2.16. The van der Waals surface area contributed by atoms with E-state index in [1.807, 2.05) is 39.8 Å². The molecule has 0 aliphatic rings. The predicted octanol–water partition coefficient (Wildman–Crippen LogP) is 3.38. The van der Waals surface area contributed by atoms with Gasteiger partial charge in [0.2, 0.25) is 0 Å². The fraction of sp³-hybridized carbons (Fsp3) is 0.571. The smallest absolute Gasteiger partial charge is 0.125 e. The SMILES string of the molecule is CC(C)c1cccc(C(C)(O)C(C)C)c1O. The molecule has 1 rings (SSSR count). The highest BCUT2D eigenvalue weighted by molar-refractivity contribution is 5.45. The van der Waals surface area contributed by atoms with E-state index in [0.717, 1.165) is 5.56 Å². The summed E-state index contributed by atoms with van der Waals surface area (Å²) < 4.78 is 0. The zero-order chi connectivity index (χ0) is 12.5. The lowest BCUT2D eigenvalue weighted by Crippen LogP contribution is -2.28. The van der Waals surface area contributed by atoms with Crippen LogP contribution in [-0.2, 0) is 5.60 Å². The van der Waals surface area contributed by atoms with E-state index in [4.69, 9.17) is 0 Å². The van der Waals surface area contributed by atoms with Gasteiger partial charge in [0.25, 0.3) is 0 Å². The normalized spacial score (nSPS) is 15.5. The van der Waals surface area contributed by atoms with Crippen molar-refractivity contribution in [3.63, 3.8) is 0 Å². The van der Waals surface area contributed by atoms with Crippen molar-refractivity contribution in [2.24, 2.45) is 5.92 Å². The van der Waals surface area contributed by atoms with Crippen molar-refractivity contribution in [2.75, 3.05) is 0 Å². The Balaban J connectivity index is 3.31. The maximum Gasteiger partial charge on any atom is 0.125 e. The second kappa shape index (κ2) is 4.46. The third kappa shape index (κ3) is 2.22. The summed E-state index contributed by atoms with van der Waals surface area (Å²) in [4.78, 5) is 0. The number of benzene rings is 1. The molecule has 0 aromatic heterocycles. The highest BCUT2D eigenvalue weighted by atomic mass is 16.3. The van der Waals surface area contributed by atoms with E-state index in [1.54, 1.807) is 13.0 Å². The summed E-state index contributed by atoms with van der Waals surface area (Å²) in [5.41, 5.74) is 0.516. The molecule has 0 amide bonds. The minimum atomic E-state index is -0.991. The van der Waals surface area contributed by atoms with Gasteiger partial charge in [-0.3, -0.25) is 0 Å². The van der Waals surface area contributed by atoms with Crippen molar-refractivity contribution < 1.29 is 10.2 Å². The van der Waals surface area contributed by atoms with Crippen LogP contribution in [-0.4, -0.2) is 10.2 Å². The van der Waals surface area contributed by atoms with Crippen LogP contribution in [0.15, 0.2) is 18.2 Å². The number of aromatic hydroxyl groups is 1. The lowest BCUT2D eigenvalue weighted by atomic mass is 9.83. The molecule has 0 aliphatic carbocycles. The third-order valence-corrected chi connectivity index (χ3v) is 3.36. The van der Waals surface area contributed by atoms with E-state index in [-0.39, 0.29) is 17.6 Å². The second-order valence-corrected chi connectivity index (χ2v) is 5.20. The van der Waals surface area contributed by atoms with Crippen molar-refractivity contribution in [3.05, 3.63) is 29.3 Å². The summed E-state index contributed by atoms with van der Waals surface area (Å²) >= 11 is 0. The van der Waals surface area contributed by atoms with E-state index < -0.39 is 5.60 Å². The van der Waals surface area contributed by atoms with Gasteiger partial charge in [-0.1, -0.05) is 45.9 Å². The van der Waals surface area contributed by atoms with Crippen LogP contribution in [0.25, 0.3) is 0 Å². The second-order valence-electron chi connectivity index (χ2n) is 5.20. The Morgan fingerprint density at radius 2 is 1.69 bits per heavy atom. The lowest BCUT2D eigenvalue weighted by molar-refractivity contribution is 0.00689. The lowest BCUT2D eigenvalue weighted by Gasteiger charge is -2.30. The number of para-hydroxylation sites is 1. The first kappa shape index (κ1) is 13.0. The number of hydrogen-bond donors (Lipinski definition) is 2. The molecule has 2 N–H and O–H groups in total. The topological polar surface area (TPSA) is 40.5 Å². The minimum Gasteiger partial charge on any atom is -0.507 e. The number of hydrogen-bond acceptors (Lipinski definition) is 2. The average molecular weight is 222 g/mol. The molecule has 0 saturated carbocycles. The Bertz CT molecular complexity index is 365. The van der Waals surface area contributed by atoms with E-state index in [9.17, 15) is 10.2 Å². The fourth-order valence-corrected chi connectivity index (χ4v) is 1.75. The van der Waals surface area contributed by atoms with Crippen LogP contribution < -0.4 is 0 Å². The molecule has 1 atom stereocenters. The largest absolute Gasteiger partial charge is 0.507 e. The van der Waals surface area contributed by atoms with Crippen molar-refractivity contribution in [1.29, 1.82) is 0 Å². The van der Waals surface area contributed by atoms with E-state index in [1.165, 1.54) is 0 Å². The molecule has 2 nitrogen and oxygen atoms in total. The Labute approximate surface area is 97.9 Å². The zero-order valence-electron chi connectivity index (χ0n) is 10.8. The molecule has 0 spiro atoms. The number of phenolic OH excluding ortho intramolecular Hbond substituents is 1. The minimum absolute atomic E-state index is 0.0563. The number of phenols is 1. The van der Waals surface area contributed by atoms with Crippen LogP contribution in [0.4, 0.5) is 0 Å².